The Balaban J connectivity index is 4.99. The van der Waals surface area contributed by atoms with Gasteiger partial charge in [-0.3, -0.25) is 24.0 Å². The summed E-state index contributed by atoms with van der Waals surface area (Å²) >= 11 is 0. The zero-order valence-electron chi connectivity index (χ0n) is 17.7. The van der Waals surface area contributed by atoms with Crippen molar-refractivity contribution in [3.8, 4) is 0 Å². The molecule has 0 bridgehead atoms. The van der Waals surface area contributed by atoms with Gasteiger partial charge in [-0.25, -0.2) is 4.79 Å². The molecule has 0 radical (unpaired) electrons. The highest BCUT2D eigenvalue weighted by atomic mass is 16.4. The Kier molecular flexibility index (Phi) is 11.8. The molecule has 176 valence electrons. The fourth-order valence-electron chi connectivity index (χ4n) is 2.41. The number of carbonyl (C=O) groups excluding carboxylic acids is 4. The number of nitrogens with two attached hydrogens (primary N) is 2. The van der Waals surface area contributed by atoms with Gasteiger partial charge in [-0.1, -0.05) is 13.8 Å². The van der Waals surface area contributed by atoms with Crippen molar-refractivity contribution in [1.82, 2.24) is 16.0 Å². The Labute approximate surface area is 179 Å². The molecule has 0 rings (SSSR count). The molecule has 0 fully saturated rings. The van der Waals surface area contributed by atoms with Crippen molar-refractivity contribution >= 4 is 35.6 Å². The summed E-state index contributed by atoms with van der Waals surface area (Å²) in [6.07, 6.45) is -0.892. The van der Waals surface area contributed by atoms with Gasteiger partial charge in [-0.05, 0) is 25.7 Å². The molecule has 0 aromatic rings. The zero-order chi connectivity index (χ0) is 24.3. The van der Waals surface area contributed by atoms with Crippen molar-refractivity contribution < 1.29 is 39.0 Å². The molecule has 0 aliphatic heterocycles. The highest BCUT2D eigenvalue weighted by molar-refractivity contribution is 5.94. The summed E-state index contributed by atoms with van der Waals surface area (Å²) < 4.78 is 0. The number of carboxylic acids is 2. The third kappa shape index (κ3) is 10.9. The molecular weight excluding hydrogens is 414 g/mol. The molecule has 31 heavy (non-hydrogen) atoms. The summed E-state index contributed by atoms with van der Waals surface area (Å²) in [5.41, 5.74) is 10.6. The third-order valence-electron chi connectivity index (χ3n) is 4.30. The Morgan fingerprint density at radius 2 is 1.39 bits per heavy atom. The first kappa shape index (κ1) is 27.8. The van der Waals surface area contributed by atoms with Crippen LogP contribution in [0.4, 0.5) is 0 Å². The van der Waals surface area contributed by atoms with Gasteiger partial charge in [0.25, 0.3) is 0 Å². The number of aliphatic carboxylic acids is 2. The topological polar surface area (TPSA) is 231 Å². The van der Waals surface area contributed by atoms with E-state index >= 15 is 0 Å². The van der Waals surface area contributed by atoms with Crippen LogP contribution in [-0.4, -0.2) is 69.9 Å². The van der Waals surface area contributed by atoms with Crippen molar-refractivity contribution in [3.63, 3.8) is 0 Å². The fourth-order valence-corrected chi connectivity index (χ4v) is 2.41. The number of carbonyl (C=O) groups is 6. The van der Waals surface area contributed by atoms with Gasteiger partial charge in [0.1, 0.15) is 18.1 Å². The minimum atomic E-state index is -1.37. The van der Waals surface area contributed by atoms with Crippen LogP contribution in [0.1, 0.15) is 46.5 Å². The maximum absolute atomic E-state index is 12.5. The highest BCUT2D eigenvalue weighted by Crippen LogP contribution is 2.06. The lowest BCUT2D eigenvalue weighted by Gasteiger charge is -2.26. The molecule has 9 N–H and O–H groups in total. The molecule has 0 saturated carbocycles. The first-order chi connectivity index (χ1) is 14.3. The first-order valence-corrected chi connectivity index (χ1v) is 9.65. The summed E-state index contributed by atoms with van der Waals surface area (Å²) in [5, 5.41) is 24.9. The summed E-state index contributed by atoms with van der Waals surface area (Å²) in [6, 6.07) is -4.72. The van der Waals surface area contributed by atoms with Gasteiger partial charge in [-0.2, -0.15) is 0 Å². The molecule has 13 heteroatoms. The SMILES string of the molecule is CC(NC(=O)C(N)CCC(=O)O)C(=O)NC(C(=O)NC(CCC(N)=O)C(=O)O)C(C)C. The quantitative estimate of drug-likeness (QED) is 0.151. The number of hydrogen-bond acceptors (Lipinski definition) is 7. The van der Waals surface area contributed by atoms with Crippen LogP contribution in [0, 0.1) is 5.92 Å². The molecule has 0 saturated heterocycles. The van der Waals surface area contributed by atoms with Crippen LogP contribution in [0.5, 0.6) is 0 Å². The minimum Gasteiger partial charge on any atom is -0.481 e. The summed E-state index contributed by atoms with van der Waals surface area (Å²) in [4.78, 5) is 69.6. The number of carboxylic acid groups (broad SMARTS) is 2. The van der Waals surface area contributed by atoms with Crippen LogP contribution < -0.4 is 27.4 Å². The Hall–Kier alpha value is -3.22. The molecule has 4 amide bonds. The van der Waals surface area contributed by atoms with Crippen LogP contribution in [0.15, 0.2) is 0 Å². The highest BCUT2D eigenvalue weighted by Gasteiger charge is 2.30. The van der Waals surface area contributed by atoms with E-state index in [1.807, 2.05) is 0 Å². The second kappa shape index (κ2) is 13.2. The summed E-state index contributed by atoms with van der Waals surface area (Å²) in [6.45, 7) is 4.59. The van der Waals surface area contributed by atoms with Gasteiger partial charge in [0, 0.05) is 12.8 Å². The minimum absolute atomic E-state index is 0.117. The van der Waals surface area contributed by atoms with E-state index in [0.29, 0.717) is 0 Å². The van der Waals surface area contributed by atoms with E-state index in [1.165, 1.54) is 6.92 Å². The van der Waals surface area contributed by atoms with E-state index in [1.54, 1.807) is 13.8 Å². The van der Waals surface area contributed by atoms with E-state index in [9.17, 15) is 33.9 Å². The van der Waals surface area contributed by atoms with Crippen molar-refractivity contribution in [2.45, 2.75) is 70.6 Å². The van der Waals surface area contributed by atoms with Gasteiger partial charge >= 0.3 is 11.9 Å². The van der Waals surface area contributed by atoms with Crippen molar-refractivity contribution in [3.05, 3.63) is 0 Å². The Morgan fingerprint density at radius 1 is 0.806 bits per heavy atom. The Bertz CT molecular complexity index is 696. The molecule has 4 unspecified atom stereocenters. The predicted octanol–water partition coefficient (Wildman–Crippen LogP) is -2.34. The summed E-state index contributed by atoms with van der Waals surface area (Å²) in [7, 11) is 0. The van der Waals surface area contributed by atoms with E-state index < -0.39 is 65.7 Å². The van der Waals surface area contributed by atoms with Crippen LogP contribution in [-0.2, 0) is 28.8 Å². The average molecular weight is 445 g/mol. The van der Waals surface area contributed by atoms with Crippen LogP contribution in [0.25, 0.3) is 0 Å². The fraction of sp³-hybridized carbons (Fsp3) is 0.667. The number of hydrogen-bond donors (Lipinski definition) is 7. The maximum Gasteiger partial charge on any atom is 0.326 e. The van der Waals surface area contributed by atoms with Gasteiger partial charge in [-0.15, -0.1) is 0 Å². The standard InChI is InChI=1S/C18H31N5O8/c1-8(2)14(17(29)22-11(18(30)31)5-6-12(20)24)23-15(27)9(3)21-16(28)10(19)4-7-13(25)26/h8-11,14H,4-7,19H2,1-3H3,(H2,20,24)(H,21,28)(H,22,29)(H,23,27)(H,25,26)(H,30,31). The van der Waals surface area contributed by atoms with Crippen molar-refractivity contribution in [2.75, 3.05) is 0 Å². The predicted molar refractivity (Wildman–Crippen MR) is 107 cm³/mol. The van der Waals surface area contributed by atoms with Crippen molar-refractivity contribution in [2.24, 2.45) is 17.4 Å². The molecule has 0 aromatic carbocycles. The molecular formula is C18H31N5O8. The number of amides is 4. The second-order valence-electron chi connectivity index (χ2n) is 7.40. The van der Waals surface area contributed by atoms with Crippen LogP contribution in [0.2, 0.25) is 0 Å². The molecule has 0 aromatic heterocycles. The number of primary amides is 1. The Morgan fingerprint density at radius 3 is 1.84 bits per heavy atom. The van der Waals surface area contributed by atoms with E-state index in [2.05, 4.69) is 16.0 Å². The molecule has 13 nitrogen and oxygen atoms in total. The maximum atomic E-state index is 12.5. The van der Waals surface area contributed by atoms with E-state index in [4.69, 9.17) is 16.6 Å². The number of rotatable bonds is 14. The van der Waals surface area contributed by atoms with Gasteiger partial charge < -0.3 is 37.6 Å². The van der Waals surface area contributed by atoms with Crippen LogP contribution in [0.3, 0.4) is 0 Å². The van der Waals surface area contributed by atoms with E-state index in [0.717, 1.165) is 0 Å². The third-order valence-corrected chi connectivity index (χ3v) is 4.30. The first-order valence-electron chi connectivity index (χ1n) is 9.65. The number of nitrogens with one attached hydrogen (secondary N) is 3. The van der Waals surface area contributed by atoms with Crippen molar-refractivity contribution in [1.29, 1.82) is 0 Å². The second-order valence-corrected chi connectivity index (χ2v) is 7.40. The lowest BCUT2D eigenvalue weighted by molar-refractivity contribution is -0.143. The molecule has 0 heterocycles. The molecule has 0 spiro atoms. The van der Waals surface area contributed by atoms with Crippen LogP contribution >= 0.6 is 0 Å². The smallest absolute Gasteiger partial charge is 0.326 e. The lowest BCUT2D eigenvalue weighted by atomic mass is 10.0. The largest absolute Gasteiger partial charge is 0.481 e. The van der Waals surface area contributed by atoms with Gasteiger partial charge in [0.15, 0.2) is 0 Å². The lowest BCUT2D eigenvalue weighted by Crippen LogP contribution is -2.57. The summed E-state index contributed by atoms with van der Waals surface area (Å²) in [5.74, 6) is -5.87. The molecule has 0 aliphatic rings. The van der Waals surface area contributed by atoms with Gasteiger partial charge in [0.05, 0.1) is 6.04 Å². The average Bonchev–Trinajstić information content (AvgIpc) is 2.65. The molecule has 0 aliphatic carbocycles. The zero-order valence-corrected chi connectivity index (χ0v) is 17.7. The normalized spacial score (nSPS) is 14.6. The van der Waals surface area contributed by atoms with E-state index in [-0.39, 0.29) is 25.7 Å². The monoisotopic (exact) mass is 445 g/mol. The van der Waals surface area contributed by atoms with Gasteiger partial charge in [0.2, 0.25) is 23.6 Å². The molecule has 4 atom stereocenters.